The van der Waals surface area contributed by atoms with Gasteiger partial charge in [-0.1, -0.05) is 12.1 Å². The van der Waals surface area contributed by atoms with Crippen molar-refractivity contribution in [2.45, 2.75) is 62.0 Å². The summed E-state index contributed by atoms with van der Waals surface area (Å²) in [4.78, 5) is 16.6. The van der Waals surface area contributed by atoms with Crippen LogP contribution in [0.25, 0.3) is 0 Å². The van der Waals surface area contributed by atoms with Crippen molar-refractivity contribution in [3.05, 3.63) is 53.6 Å². The summed E-state index contributed by atoms with van der Waals surface area (Å²) >= 11 is 0. The third kappa shape index (κ3) is 4.13. The number of hydrogen-bond donors (Lipinski definition) is 0. The first-order valence-electron chi connectivity index (χ1n) is 13.6. The molecule has 1 amide bonds. The number of carbonyl (C=O) groups is 1. The molecule has 6 atom stereocenters. The number of piperidine rings is 1. The Bertz CT molecular complexity index is 1330. The SMILES string of the molecule is COc1ccc(S(=O)(=O)N2C[C@@H]3C[C@@H]3[C@H]2C(=O)N(Cc2ccc3c(c2)OCC3)C2CCC3CC3C2)cc1. The van der Waals surface area contributed by atoms with E-state index in [1.165, 1.54) is 16.3 Å². The van der Waals surface area contributed by atoms with Crippen molar-refractivity contribution in [2.24, 2.45) is 23.7 Å². The second kappa shape index (κ2) is 8.73. The van der Waals surface area contributed by atoms with Gasteiger partial charge in [-0.05, 0) is 97.2 Å². The molecule has 2 aromatic rings. The highest BCUT2D eigenvalue weighted by Crippen LogP contribution is 2.53. The molecule has 1 saturated heterocycles. The number of fused-ring (bicyclic) bond motifs is 3. The maximum absolute atomic E-state index is 14.4. The lowest BCUT2D eigenvalue weighted by Gasteiger charge is -2.38. The van der Waals surface area contributed by atoms with Gasteiger partial charge in [-0.2, -0.15) is 4.31 Å². The quantitative estimate of drug-likeness (QED) is 0.552. The summed E-state index contributed by atoms with van der Waals surface area (Å²) in [5, 5.41) is 0. The molecule has 0 aromatic heterocycles. The summed E-state index contributed by atoms with van der Waals surface area (Å²) in [6.45, 7) is 1.63. The number of nitrogens with zero attached hydrogens (tertiary/aromatic N) is 2. The van der Waals surface area contributed by atoms with E-state index in [0.29, 0.717) is 31.4 Å². The van der Waals surface area contributed by atoms with E-state index in [9.17, 15) is 13.2 Å². The smallest absolute Gasteiger partial charge is 0.243 e. The molecule has 2 aromatic carbocycles. The summed E-state index contributed by atoms with van der Waals surface area (Å²) in [5.41, 5.74) is 2.27. The Balaban J connectivity index is 1.19. The van der Waals surface area contributed by atoms with Crippen LogP contribution in [0.5, 0.6) is 11.5 Å². The molecule has 8 heteroatoms. The van der Waals surface area contributed by atoms with Crippen LogP contribution in [0.2, 0.25) is 0 Å². The van der Waals surface area contributed by atoms with Crippen molar-refractivity contribution in [3.8, 4) is 11.5 Å². The minimum absolute atomic E-state index is 0.0207. The Labute approximate surface area is 218 Å². The van der Waals surface area contributed by atoms with E-state index in [2.05, 4.69) is 18.2 Å². The summed E-state index contributed by atoms with van der Waals surface area (Å²) in [6.07, 6.45) is 6.33. The van der Waals surface area contributed by atoms with Gasteiger partial charge in [-0.25, -0.2) is 8.42 Å². The Kier molecular flexibility index (Phi) is 5.55. The molecular weight excluding hydrogens is 488 g/mol. The van der Waals surface area contributed by atoms with Gasteiger partial charge in [-0.15, -0.1) is 0 Å². The molecule has 0 radical (unpaired) electrons. The zero-order chi connectivity index (χ0) is 25.3. The molecule has 2 heterocycles. The Morgan fingerprint density at radius 2 is 1.89 bits per heavy atom. The molecule has 0 spiro atoms. The van der Waals surface area contributed by atoms with E-state index in [4.69, 9.17) is 9.47 Å². The molecule has 7 nitrogen and oxygen atoms in total. The van der Waals surface area contributed by atoms with Crippen molar-refractivity contribution in [1.82, 2.24) is 9.21 Å². The van der Waals surface area contributed by atoms with E-state index >= 15 is 0 Å². The molecule has 2 aliphatic heterocycles. The van der Waals surface area contributed by atoms with Gasteiger partial charge in [-0.3, -0.25) is 4.79 Å². The number of rotatable bonds is 7. The first-order chi connectivity index (χ1) is 17.9. The van der Waals surface area contributed by atoms with Crippen molar-refractivity contribution in [2.75, 3.05) is 20.3 Å². The third-order valence-corrected chi connectivity index (χ3v) is 11.2. The van der Waals surface area contributed by atoms with Crippen LogP contribution < -0.4 is 9.47 Å². The van der Waals surface area contributed by atoms with Gasteiger partial charge < -0.3 is 14.4 Å². The van der Waals surface area contributed by atoms with Crippen LogP contribution in [0.1, 0.15) is 43.2 Å². The van der Waals surface area contributed by atoms with Gasteiger partial charge in [0.25, 0.3) is 0 Å². The Morgan fingerprint density at radius 1 is 1.05 bits per heavy atom. The maximum Gasteiger partial charge on any atom is 0.243 e. The lowest BCUT2D eigenvalue weighted by atomic mass is 9.93. The summed E-state index contributed by atoms with van der Waals surface area (Å²) in [7, 11) is -2.24. The molecule has 4 fully saturated rings. The summed E-state index contributed by atoms with van der Waals surface area (Å²) in [5.74, 6) is 3.44. The lowest BCUT2D eigenvalue weighted by molar-refractivity contribution is -0.139. The van der Waals surface area contributed by atoms with Crippen LogP contribution >= 0.6 is 0 Å². The number of sulfonamides is 1. The molecule has 5 aliphatic rings. The molecule has 3 unspecified atom stereocenters. The van der Waals surface area contributed by atoms with Crippen LogP contribution in [0.15, 0.2) is 47.4 Å². The maximum atomic E-state index is 14.4. The van der Waals surface area contributed by atoms with E-state index in [1.807, 2.05) is 4.90 Å². The number of hydrogen-bond acceptors (Lipinski definition) is 5. The number of ether oxygens (including phenoxy) is 2. The van der Waals surface area contributed by atoms with Crippen molar-refractivity contribution >= 4 is 15.9 Å². The normalized spacial score (nSPS) is 31.6. The first kappa shape index (κ1) is 23.5. The zero-order valence-electron chi connectivity index (χ0n) is 21.2. The first-order valence-corrected chi connectivity index (χ1v) is 15.1. The van der Waals surface area contributed by atoms with Crippen LogP contribution in [0, 0.1) is 23.7 Å². The monoisotopic (exact) mass is 522 g/mol. The standard InChI is InChI=1S/C29H34N2O5S/c1-35-24-6-8-25(9-7-24)37(33,34)31-17-22-15-26(22)28(31)29(32)30(23-5-4-20-13-21(20)14-23)16-18-2-3-19-10-11-36-27(19)12-18/h2-3,6-9,12,20-23,26,28H,4-5,10-11,13-17H2,1H3/t20?,21?,22-,23?,26-,28-/m0/s1. The molecule has 37 heavy (non-hydrogen) atoms. The minimum atomic E-state index is -3.80. The predicted octanol–water partition coefficient (Wildman–Crippen LogP) is 3.86. The fourth-order valence-corrected chi connectivity index (χ4v) is 8.72. The third-order valence-electron chi connectivity index (χ3n) is 9.38. The number of methoxy groups -OCH3 is 1. The fourth-order valence-electron chi connectivity index (χ4n) is 7.04. The van der Waals surface area contributed by atoms with Gasteiger partial charge in [0, 0.05) is 25.6 Å². The highest BCUT2D eigenvalue weighted by atomic mass is 32.2. The Morgan fingerprint density at radius 3 is 2.68 bits per heavy atom. The number of benzene rings is 2. The predicted molar refractivity (Wildman–Crippen MR) is 138 cm³/mol. The van der Waals surface area contributed by atoms with E-state index in [0.717, 1.165) is 49.3 Å². The largest absolute Gasteiger partial charge is 0.497 e. The highest BCUT2D eigenvalue weighted by molar-refractivity contribution is 7.89. The molecule has 0 bridgehead atoms. The van der Waals surface area contributed by atoms with Gasteiger partial charge >= 0.3 is 0 Å². The molecule has 7 rings (SSSR count). The van der Waals surface area contributed by atoms with E-state index in [-0.39, 0.29) is 28.7 Å². The van der Waals surface area contributed by atoms with Crippen molar-refractivity contribution in [1.29, 1.82) is 0 Å². The van der Waals surface area contributed by atoms with Crippen LogP contribution in [-0.2, 0) is 27.8 Å². The number of carbonyl (C=O) groups excluding carboxylic acids is 1. The van der Waals surface area contributed by atoms with Gasteiger partial charge in [0.15, 0.2) is 0 Å². The average molecular weight is 523 g/mol. The van der Waals surface area contributed by atoms with E-state index < -0.39 is 16.1 Å². The van der Waals surface area contributed by atoms with E-state index in [1.54, 1.807) is 31.4 Å². The number of amides is 1. The topological polar surface area (TPSA) is 76.2 Å². The molecular formula is C29H34N2O5S. The average Bonchev–Trinajstić information content (AvgIpc) is 3.78. The fraction of sp³-hybridized carbons (Fsp3) is 0.552. The highest BCUT2D eigenvalue weighted by Gasteiger charge is 2.60. The second-order valence-electron chi connectivity index (χ2n) is 11.6. The van der Waals surface area contributed by atoms with Crippen LogP contribution in [-0.4, -0.2) is 55.9 Å². The lowest BCUT2D eigenvalue weighted by Crippen LogP contribution is -2.52. The second-order valence-corrected chi connectivity index (χ2v) is 13.5. The van der Waals surface area contributed by atoms with Crippen LogP contribution in [0.3, 0.4) is 0 Å². The molecule has 3 aliphatic carbocycles. The molecule has 0 N–H and O–H groups in total. The summed E-state index contributed by atoms with van der Waals surface area (Å²) < 4.78 is 40.0. The van der Waals surface area contributed by atoms with Gasteiger partial charge in [0.2, 0.25) is 15.9 Å². The zero-order valence-corrected chi connectivity index (χ0v) is 22.0. The minimum Gasteiger partial charge on any atom is -0.497 e. The van der Waals surface area contributed by atoms with Crippen molar-refractivity contribution in [3.63, 3.8) is 0 Å². The Hall–Kier alpha value is -2.58. The van der Waals surface area contributed by atoms with Gasteiger partial charge in [0.05, 0.1) is 18.6 Å². The molecule has 196 valence electrons. The molecule has 3 saturated carbocycles. The van der Waals surface area contributed by atoms with Gasteiger partial charge in [0.1, 0.15) is 17.5 Å². The summed E-state index contributed by atoms with van der Waals surface area (Å²) in [6, 6.07) is 12.3. The van der Waals surface area contributed by atoms with Crippen molar-refractivity contribution < 1.29 is 22.7 Å². The van der Waals surface area contributed by atoms with Crippen LogP contribution in [0.4, 0.5) is 0 Å².